The molecule has 0 saturated carbocycles. The molecule has 3 aromatic rings. The van der Waals surface area contributed by atoms with Crippen LogP contribution in [0.15, 0.2) is 35.7 Å². The van der Waals surface area contributed by atoms with Gasteiger partial charge in [0.2, 0.25) is 5.78 Å². The summed E-state index contributed by atoms with van der Waals surface area (Å²) >= 11 is 2.78. The van der Waals surface area contributed by atoms with Crippen LogP contribution in [0.25, 0.3) is 5.13 Å². The first-order valence-electron chi connectivity index (χ1n) is 8.10. The van der Waals surface area contributed by atoms with Gasteiger partial charge in [-0.25, -0.2) is 14.8 Å². The number of aromatic nitrogens is 3. The molecular formula is C18H18N4O3S2. The molecule has 9 heteroatoms. The fourth-order valence-electron chi connectivity index (χ4n) is 2.56. The first-order chi connectivity index (χ1) is 13.0. The average molecular weight is 403 g/mol. The van der Waals surface area contributed by atoms with Crippen LogP contribution in [0.3, 0.4) is 0 Å². The van der Waals surface area contributed by atoms with Crippen molar-refractivity contribution in [3.8, 4) is 5.13 Å². The molecule has 140 valence electrons. The van der Waals surface area contributed by atoms with Crippen LogP contribution in [0.5, 0.6) is 0 Å². The van der Waals surface area contributed by atoms with Crippen molar-refractivity contribution in [1.82, 2.24) is 14.5 Å². The monoisotopic (exact) mass is 402 g/mol. The topological polar surface area (TPSA) is 86.1 Å². The molecule has 1 N–H and O–H groups in total. The van der Waals surface area contributed by atoms with E-state index in [1.165, 1.54) is 22.7 Å². The van der Waals surface area contributed by atoms with E-state index in [-0.39, 0.29) is 18.1 Å². The van der Waals surface area contributed by atoms with E-state index >= 15 is 0 Å². The van der Waals surface area contributed by atoms with Gasteiger partial charge in [-0.1, -0.05) is 6.08 Å². The molecule has 0 amide bonds. The van der Waals surface area contributed by atoms with Crippen molar-refractivity contribution in [2.24, 2.45) is 0 Å². The smallest absolute Gasteiger partial charge is 0.358 e. The third kappa shape index (κ3) is 4.15. The molecule has 3 rings (SSSR count). The lowest BCUT2D eigenvalue weighted by Gasteiger charge is -2.06. The molecule has 27 heavy (non-hydrogen) atoms. The summed E-state index contributed by atoms with van der Waals surface area (Å²) < 4.78 is 7.06. The van der Waals surface area contributed by atoms with Crippen LogP contribution in [0.2, 0.25) is 0 Å². The Kier molecular flexibility index (Phi) is 5.82. The number of carbonyl (C=O) groups excluding carboxylic acids is 2. The van der Waals surface area contributed by atoms with Gasteiger partial charge in [0.15, 0.2) is 22.6 Å². The standard InChI is InChI=1S/C18H18N4O3S2/c1-4-5-19-17-21-14(10-27-17)16(24)25-9-15(23)13-8-11(2)22(12(13)3)18-20-6-7-26-18/h4,6-8,10H,1,5,9H2,2-3H3,(H,19,21). The Morgan fingerprint density at radius 3 is 2.89 bits per heavy atom. The molecule has 0 atom stereocenters. The van der Waals surface area contributed by atoms with E-state index in [1.807, 2.05) is 23.8 Å². The molecule has 0 aliphatic carbocycles. The molecule has 0 unspecified atom stereocenters. The molecular weight excluding hydrogens is 384 g/mol. The first-order valence-corrected chi connectivity index (χ1v) is 9.86. The predicted molar refractivity (Wildman–Crippen MR) is 106 cm³/mol. The fraction of sp³-hybridized carbons (Fsp3) is 0.222. The number of hydrogen-bond acceptors (Lipinski definition) is 8. The number of esters is 1. The van der Waals surface area contributed by atoms with Crippen LogP contribution < -0.4 is 5.32 Å². The number of anilines is 1. The van der Waals surface area contributed by atoms with Crippen LogP contribution in [-0.4, -0.2) is 39.4 Å². The van der Waals surface area contributed by atoms with E-state index in [2.05, 4.69) is 21.9 Å². The van der Waals surface area contributed by atoms with Gasteiger partial charge in [-0.2, -0.15) is 0 Å². The summed E-state index contributed by atoms with van der Waals surface area (Å²) in [4.78, 5) is 33.1. The molecule has 7 nitrogen and oxygen atoms in total. The van der Waals surface area contributed by atoms with Gasteiger partial charge < -0.3 is 10.1 Å². The Labute approximate surface area is 164 Å². The highest BCUT2D eigenvalue weighted by molar-refractivity contribution is 7.13. The highest BCUT2D eigenvalue weighted by atomic mass is 32.1. The molecule has 0 aromatic carbocycles. The van der Waals surface area contributed by atoms with Crippen molar-refractivity contribution < 1.29 is 14.3 Å². The van der Waals surface area contributed by atoms with E-state index in [4.69, 9.17) is 4.74 Å². The summed E-state index contributed by atoms with van der Waals surface area (Å²) in [6.07, 6.45) is 3.41. The van der Waals surface area contributed by atoms with Crippen molar-refractivity contribution in [1.29, 1.82) is 0 Å². The van der Waals surface area contributed by atoms with E-state index in [1.54, 1.807) is 23.7 Å². The van der Waals surface area contributed by atoms with Gasteiger partial charge >= 0.3 is 5.97 Å². The number of Topliss-reactive ketones (excluding diaryl/α,β-unsaturated/α-hetero) is 1. The zero-order valence-electron chi connectivity index (χ0n) is 14.9. The maximum atomic E-state index is 12.5. The molecule has 0 bridgehead atoms. The quantitative estimate of drug-likeness (QED) is 0.352. The lowest BCUT2D eigenvalue weighted by Crippen LogP contribution is -2.15. The number of nitrogens with one attached hydrogen (secondary N) is 1. The summed E-state index contributed by atoms with van der Waals surface area (Å²) in [5.41, 5.74) is 2.36. The molecule has 3 aromatic heterocycles. The lowest BCUT2D eigenvalue weighted by atomic mass is 10.1. The third-order valence-electron chi connectivity index (χ3n) is 3.79. The van der Waals surface area contributed by atoms with Gasteiger partial charge in [0.25, 0.3) is 0 Å². The Morgan fingerprint density at radius 1 is 1.37 bits per heavy atom. The number of carbonyl (C=O) groups is 2. The fourth-order valence-corrected chi connectivity index (χ4v) is 4.00. The van der Waals surface area contributed by atoms with Crippen molar-refractivity contribution in [3.05, 3.63) is 58.3 Å². The lowest BCUT2D eigenvalue weighted by molar-refractivity contribution is 0.0469. The van der Waals surface area contributed by atoms with Crippen LogP contribution >= 0.6 is 22.7 Å². The number of nitrogens with zero attached hydrogens (tertiary/aromatic N) is 3. The van der Waals surface area contributed by atoms with E-state index in [0.29, 0.717) is 17.2 Å². The van der Waals surface area contributed by atoms with Crippen molar-refractivity contribution in [2.75, 3.05) is 18.5 Å². The molecule has 0 aliphatic rings. The average Bonchev–Trinajstić information content (AvgIpc) is 3.38. The summed E-state index contributed by atoms with van der Waals surface area (Å²) in [6, 6.07) is 1.78. The normalized spacial score (nSPS) is 10.6. The van der Waals surface area contributed by atoms with Crippen LogP contribution in [-0.2, 0) is 4.74 Å². The predicted octanol–water partition coefficient (Wildman–Crippen LogP) is 3.64. The SMILES string of the molecule is C=CCNc1nc(C(=O)OCC(=O)c2cc(C)n(-c3nccs3)c2C)cs1. The zero-order chi connectivity index (χ0) is 19.4. The summed E-state index contributed by atoms with van der Waals surface area (Å²) in [5.74, 6) is -0.889. The zero-order valence-corrected chi connectivity index (χ0v) is 16.5. The van der Waals surface area contributed by atoms with Crippen LogP contribution in [0.1, 0.15) is 32.2 Å². The molecule has 0 fully saturated rings. The highest BCUT2D eigenvalue weighted by Crippen LogP contribution is 2.23. The number of aryl methyl sites for hydroxylation is 1. The second kappa shape index (κ2) is 8.28. The molecule has 0 radical (unpaired) electrons. The molecule has 0 aliphatic heterocycles. The van der Waals surface area contributed by atoms with Gasteiger partial charge in [-0.15, -0.1) is 29.3 Å². The largest absolute Gasteiger partial charge is 0.453 e. The minimum atomic E-state index is -0.625. The van der Waals surface area contributed by atoms with Crippen molar-refractivity contribution in [3.63, 3.8) is 0 Å². The second-order valence-electron chi connectivity index (χ2n) is 5.64. The van der Waals surface area contributed by atoms with E-state index in [9.17, 15) is 9.59 Å². The third-order valence-corrected chi connectivity index (χ3v) is 5.34. The summed E-state index contributed by atoms with van der Waals surface area (Å²) in [7, 11) is 0. The number of ether oxygens (including phenoxy) is 1. The van der Waals surface area contributed by atoms with E-state index < -0.39 is 5.97 Å². The Balaban J connectivity index is 1.66. The van der Waals surface area contributed by atoms with E-state index in [0.717, 1.165) is 16.5 Å². The molecule has 3 heterocycles. The van der Waals surface area contributed by atoms with Gasteiger partial charge in [0, 0.05) is 40.5 Å². The minimum Gasteiger partial charge on any atom is -0.453 e. The Hall–Kier alpha value is -2.78. The first kappa shape index (κ1) is 19.0. The second-order valence-corrected chi connectivity index (χ2v) is 7.37. The number of rotatable bonds is 8. The summed E-state index contributed by atoms with van der Waals surface area (Å²) in [6.45, 7) is 7.57. The van der Waals surface area contributed by atoms with Gasteiger partial charge in [0.1, 0.15) is 0 Å². The van der Waals surface area contributed by atoms with Crippen LogP contribution in [0.4, 0.5) is 5.13 Å². The molecule has 0 saturated heterocycles. The maximum absolute atomic E-state index is 12.5. The Bertz CT molecular complexity index is 973. The number of thiazole rings is 2. The van der Waals surface area contributed by atoms with Crippen LogP contribution in [0, 0.1) is 13.8 Å². The summed E-state index contributed by atoms with van der Waals surface area (Å²) in [5, 5.41) is 7.86. The number of ketones is 1. The molecule has 0 spiro atoms. The van der Waals surface area contributed by atoms with Crippen molar-refractivity contribution >= 4 is 39.6 Å². The van der Waals surface area contributed by atoms with Gasteiger partial charge in [-0.05, 0) is 19.9 Å². The Morgan fingerprint density at radius 2 is 2.19 bits per heavy atom. The van der Waals surface area contributed by atoms with Gasteiger partial charge in [0.05, 0.1) is 0 Å². The highest BCUT2D eigenvalue weighted by Gasteiger charge is 2.20. The maximum Gasteiger partial charge on any atom is 0.358 e. The minimum absolute atomic E-state index is 0.174. The number of hydrogen-bond donors (Lipinski definition) is 1. The van der Waals surface area contributed by atoms with Crippen molar-refractivity contribution in [2.45, 2.75) is 13.8 Å². The van der Waals surface area contributed by atoms with Gasteiger partial charge in [-0.3, -0.25) is 9.36 Å².